The summed E-state index contributed by atoms with van der Waals surface area (Å²) in [6.07, 6.45) is 6.22. The van der Waals surface area contributed by atoms with Gasteiger partial charge in [-0.3, -0.25) is 19.4 Å². The molecule has 8 heteroatoms. The van der Waals surface area contributed by atoms with E-state index in [4.69, 9.17) is 9.47 Å². The molecule has 1 aromatic heterocycles. The number of anilines is 2. The first-order valence-corrected chi connectivity index (χ1v) is 15.2. The largest absolute Gasteiger partial charge is 0.478 e. The summed E-state index contributed by atoms with van der Waals surface area (Å²) in [7, 11) is 0. The molecule has 2 aromatic carbocycles. The van der Waals surface area contributed by atoms with Gasteiger partial charge in [0.25, 0.3) is 0 Å². The molecule has 2 aliphatic heterocycles. The van der Waals surface area contributed by atoms with Crippen molar-refractivity contribution in [2.24, 2.45) is 0 Å². The zero-order valence-electron chi connectivity index (χ0n) is 24.2. The number of rotatable bonds is 13. The summed E-state index contributed by atoms with van der Waals surface area (Å²) in [5, 5.41) is 2.62. The molecule has 2 aliphatic rings. The summed E-state index contributed by atoms with van der Waals surface area (Å²) in [4.78, 5) is 35.8. The Labute approximate surface area is 243 Å². The standard InChI is InChI=1S/C33H42N4O4/c1-2-3-4-14-32(39)41-25-37-31(38)18-16-27-15-17-30(34-33(27)37)40-24-8-7-19-35-20-22-36(23-21-35)29-13-9-11-26-10-5-6-12-28(26)29/h5-6,9-13,15,17H,2-4,7-8,14,16,18-25H2,1H3. The number of piperazine rings is 1. The van der Waals surface area contributed by atoms with Crippen LogP contribution < -0.4 is 14.5 Å². The monoisotopic (exact) mass is 558 g/mol. The van der Waals surface area contributed by atoms with Gasteiger partial charge < -0.3 is 14.4 Å². The Balaban J connectivity index is 1.04. The quantitative estimate of drug-likeness (QED) is 0.200. The minimum atomic E-state index is -0.277. The maximum absolute atomic E-state index is 12.6. The highest BCUT2D eigenvalue weighted by molar-refractivity contribution is 5.95. The number of benzene rings is 2. The molecule has 0 N–H and O–H groups in total. The van der Waals surface area contributed by atoms with Gasteiger partial charge in [-0.05, 0) is 55.3 Å². The van der Waals surface area contributed by atoms with Gasteiger partial charge in [-0.15, -0.1) is 0 Å². The van der Waals surface area contributed by atoms with E-state index in [1.165, 1.54) is 21.4 Å². The van der Waals surface area contributed by atoms with E-state index in [1.54, 1.807) is 0 Å². The van der Waals surface area contributed by atoms with Crippen LogP contribution in [0.5, 0.6) is 5.88 Å². The molecule has 1 saturated heterocycles. The third-order valence-electron chi connectivity index (χ3n) is 8.03. The molecule has 0 atom stereocenters. The maximum atomic E-state index is 12.6. The number of hydrogen-bond donors (Lipinski definition) is 0. The van der Waals surface area contributed by atoms with Crippen LogP contribution in [0.3, 0.4) is 0 Å². The van der Waals surface area contributed by atoms with Crippen LogP contribution in [0, 0.1) is 0 Å². The lowest BCUT2D eigenvalue weighted by atomic mass is 10.1. The zero-order valence-corrected chi connectivity index (χ0v) is 24.2. The van der Waals surface area contributed by atoms with Crippen LogP contribution in [-0.4, -0.2) is 67.8 Å². The first kappa shape index (κ1) is 28.9. The second-order valence-corrected chi connectivity index (χ2v) is 10.9. The van der Waals surface area contributed by atoms with E-state index in [1.807, 2.05) is 12.1 Å². The molecular formula is C33H42N4O4. The highest BCUT2D eigenvalue weighted by Gasteiger charge is 2.27. The Bertz CT molecular complexity index is 1320. The predicted octanol–water partition coefficient (Wildman–Crippen LogP) is 5.58. The molecule has 3 heterocycles. The lowest BCUT2D eigenvalue weighted by Crippen LogP contribution is -2.46. The molecule has 0 unspecified atom stereocenters. The van der Waals surface area contributed by atoms with Gasteiger partial charge in [-0.25, -0.2) is 0 Å². The Kier molecular flexibility index (Phi) is 10.1. The van der Waals surface area contributed by atoms with Crippen molar-refractivity contribution in [1.29, 1.82) is 0 Å². The molecule has 1 amide bonds. The molecule has 218 valence electrons. The van der Waals surface area contributed by atoms with Crippen LogP contribution in [-0.2, 0) is 20.7 Å². The van der Waals surface area contributed by atoms with E-state index in [-0.39, 0.29) is 18.6 Å². The first-order chi connectivity index (χ1) is 20.1. The van der Waals surface area contributed by atoms with Crippen LogP contribution in [0.1, 0.15) is 57.4 Å². The average molecular weight is 559 g/mol. The number of amides is 1. The van der Waals surface area contributed by atoms with Crippen molar-refractivity contribution in [2.45, 2.75) is 58.3 Å². The van der Waals surface area contributed by atoms with Gasteiger partial charge in [-0.1, -0.05) is 56.2 Å². The normalized spacial score (nSPS) is 15.7. The minimum Gasteiger partial charge on any atom is -0.478 e. The van der Waals surface area contributed by atoms with Gasteiger partial charge in [0.15, 0.2) is 6.73 Å². The summed E-state index contributed by atoms with van der Waals surface area (Å²) in [5.41, 5.74) is 2.31. The van der Waals surface area contributed by atoms with E-state index in [0.29, 0.717) is 37.6 Å². The van der Waals surface area contributed by atoms with E-state index < -0.39 is 0 Å². The average Bonchev–Trinajstić information content (AvgIpc) is 3.00. The predicted molar refractivity (Wildman–Crippen MR) is 162 cm³/mol. The number of ether oxygens (including phenoxy) is 2. The van der Waals surface area contributed by atoms with Crippen LogP contribution in [0.2, 0.25) is 0 Å². The molecule has 3 aromatic rings. The number of esters is 1. The molecule has 0 radical (unpaired) electrons. The second kappa shape index (κ2) is 14.3. The smallest absolute Gasteiger partial charge is 0.307 e. The van der Waals surface area contributed by atoms with E-state index in [9.17, 15) is 9.59 Å². The van der Waals surface area contributed by atoms with E-state index >= 15 is 0 Å². The Morgan fingerprint density at radius 1 is 0.902 bits per heavy atom. The SMILES string of the molecule is CCCCCC(=O)OCN1C(=O)CCc2ccc(OCCCCN3CCN(c4cccc5ccccc45)CC3)nc21. The second-order valence-electron chi connectivity index (χ2n) is 10.9. The van der Waals surface area contributed by atoms with Crippen LogP contribution in [0.15, 0.2) is 54.6 Å². The van der Waals surface area contributed by atoms with Gasteiger partial charge >= 0.3 is 5.97 Å². The van der Waals surface area contributed by atoms with Gasteiger partial charge in [0.1, 0.15) is 5.82 Å². The number of nitrogens with zero attached hydrogens (tertiary/aromatic N) is 4. The van der Waals surface area contributed by atoms with Crippen molar-refractivity contribution < 1.29 is 19.1 Å². The highest BCUT2D eigenvalue weighted by Crippen LogP contribution is 2.29. The van der Waals surface area contributed by atoms with Crippen molar-refractivity contribution in [2.75, 3.05) is 55.9 Å². The number of aromatic nitrogens is 1. The summed E-state index contributed by atoms with van der Waals surface area (Å²) in [6.45, 7) is 7.81. The Morgan fingerprint density at radius 2 is 1.73 bits per heavy atom. The zero-order chi connectivity index (χ0) is 28.4. The molecule has 0 bridgehead atoms. The lowest BCUT2D eigenvalue weighted by Gasteiger charge is -2.36. The first-order valence-electron chi connectivity index (χ1n) is 15.2. The maximum Gasteiger partial charge on any atom is 0.307 e. The van der Waals surface area contributed by atoms with Gasteiger partial charge in [0.05, 0.1) is 6.61 Å². The molecule has 0 spiro atoms. The van der Waals surface area contributed by atoms with Crippen LogP contribution >= 0.6 is 0 Å². The number of unbranched alkanes of at least 4 members (excludes halogenated alkanes) is 3. The summed E-state index contributed by atoms with van der Waals surface area (Å²) >= 11 is 0. The molecule has 0 aliphatic carbocycles. The minimum absolute atomic E-state index is 0.0796. The number of fused-ring (bicyclic) bond motifs is 2. The topological polar surface area (TPSA) is 75.2 Å². The van der Waals surface area contributed by atoms with Gasteiger partial charge in [0, 0.05) is 56.2 Å². The molecule has 1 fully saturated rings. The number of hydrogen-bond acceptors (Lipinski definition) is 7. The third kappa shape index (κ3) is 7.55. The fraction of sp³-hybridized carbons (Fsp3) is 0.485. The summed E-state index contributed by atoms with van der Waals surface area (Å²) < 4.78 is 11.4. The number of aryl methyl sites for hydroxylation is 1. The number of carbonyl (C=O) groups is 2. The Hall–Kier alpha value is -3.65. The van der Waals surface area contributed by atoms with Gasteiger partial charge in [0.2, 0.25) is 11.8 Å². The Morgan fingerprint density at radius 3 is 2.59 bits per heavy atom. The van der Waals surface area contributed by atoms with Crippen LogP contribution in [0.25, 0.3) is 10.8 Å². The van der Waals surface area contributed by atoms with Crippen molar-refractivity contribution in [3.05, 3.63) is 60.2 Å². The third-order valence-corrected chi connectivity index (χ3v) is 8.03. The fourth-order valence-electron chi connectivity index (χ4n) is 5.64. The number of carbonyl (C=O) groups excluding carboxylic acids is 2. The van der Waals surface area contributed by atoms with Crippen molar-refractivity contribution in [3.8, 4) is 5.88 Å². The van der Waals surface area contributed by atoms with E-state index in [0.717, 1.165) is 70.4 Å². The summed E-state index contributed by atoms with van der Waals surface area (Å²) in [6, 6.07) is 19.0. The van der Waals surface area contributed by atoms with Crippen LogP contribution in [0.4, 0.5) is 11.5 Å². The molecule has 8 nitrogen and oxygen atoms in total. The molecule has 5 rings (SSSR count). The van der Waals surface area contributed by atoms with Gasteiger partial charge in [-0.2, -0.15) is 4.98 Å². The molecule has 41 heavy (non-hydrogen) atoms. The van der Waals surface area contributed by atoms with Crippen molar-refractivity contribution in [1.82, 2.24) is 9.88 Å². The van der Waals surface area contributed by atoms with E-state index in [2.05, 4.69) is 64.2 Å². The van der Waals surface area contributed by atoms with Crippen molar-refractivity contribution in [3.63, 3.8) is 0 Å². The molecular weight excluding hydrogens is 516 g/mol. The fourth-order valence-corrected chi connectivity index (χ4v) is 5.64. The number of pyridine rings is 1. The molecule has 0 saturated carbocycles. The summed E-state index contributed by atoms with van der Waals surface area (Å²) in [5.74, 6) is 0.690. The lowest BCUT2D eigenvalue weighted by molar-refractivity contribution is -0.144. The highest BCUT2D eigenvalue weighted by atomic mass is 16.5. The van der Waals surface area contributed by atoms with Crippen molar-refractivity contribution >= 4 is 34.2 Å².